The molecule has 1 N–H and O–H groups in total. The van der Waals surface area contributed by atoms with Crippen LogP contribution in [-0.4, -0.2) is 39.0 Å². The molecule has 9 heteroatoms. The number of aromatic amines is 1. The second kappa shape index (κ2) is 5.52. The number of H-pyrrole nitrogens is 1. The summed E-state index contributed by atoms with van der Waals surface area (Å²) in [6.45, 7) is 0. The average Bonchev–Trinajstić information content (AvgIpc) is 2.59. The number of methoxy groups -OCH3 is 2. The number of benzene rings is 1. The predicted molar refractivity (Wildman–Crippen MR) is 81.7 cm³/mol. The minimum absolute atomic E-state index is 0.0342. The van der Waals surface area contributed by atoms with Crippen molar-refractivity contribution in [1.82, 2.24) is 24.7 Å². The Bertz CT molecular complexity index is 1010. The lowest BCUT2D eigenvalue weighted by Crippen LogP contribution is -2.33. The Labute approximate surface area is 129 Å². The third-order valence-corrected chi connectivity index (χ3v) is 3.37. The monoisotopic (exact) mass is 315 g/mol. The van der Waals surface area contributed by atoms with Crippen molar-refractivity contribution < 1.29 is 9.47 Å². The van der Waals surface area contributed by atoms with Crippen LogP contribution in [0.15, 0.2) is 27.8 Å². The summed E-state index contributed by atoms with van der Waals surface area (Å²) >= 11 is 0. The summed E-state index contributed by atoms with van der Waals surface area (Å²) in [4.78, 5) is 30.3. The van der Waals surface area contributed by atoms with Crippen LogP contribution in [0.1, 0.15) is 0 Å². The Morgan fingerprint density at radius 1 is 1.09 bits per heavy atom. The molecule has 0 saturated carbocycles. The van der Waals surface area contributed by atoms with Crippen LogP contribution >= 0.6 is 0 Å². The van der Waals surface area contributed by atoms with Crippen LogP contribution in [0.5, 0.6) is 11.5 Å². The van der Waals surface area contributed by atoms with E-state index in [1.54, 1.807) is 18.2 Å². The van der Waals surface area contributed by atoms with Crippen molar-refractivity contribution in [2.45, 2.75) is 0 Å². The van der Waals surface area contributed by atoms with E-state index in [4.69, 9.17) is 9.47 Å². The van der Waals surface area contributed by atoms with E-state index < -0.39 is 11.2 Å². The summed E-state index contributed by atoms with van der Waals surface area (Å²) in [7, 11) is 4.41. The molecule has 0 atom stereocenters. The summed E-state index contributed by atoms with van der Waals surface area (Å²) in [6, 6.07) is 5.10. The van der Waals surface area contributed by atoms with E-state index in [2.05, 4.69) is 20.2 Å². The first-order valence-corrected chi connectivity index (χ1v) is 6.61. The largest absolute Gasteiger partial charge is 0.493 e. The van der Waals surface area contributed by atoms with Gasteiger partial charge in [0.05, 0.1) is 14.2 Å². The maximum absolute atomic E-state index is 12.1. The highest BCUT2D eigenvalue weighted by molar-refractivity contribution is 5.71. The highest BCUT2D eigenvalue weighted by Gasteiger charge is 2.13. The van der Waals surface area contributed by atoms with Gasteiger partial charge < -0.3 is 9.47 Å². The molecular formula is C14H13N5O4. The molecule has 0 bridgehead atoms. The zero-order valence-electron chi connectivity index (χ0n) is 12.7. The quantitative estimate of drug-likeness (QED) is 0.729. The maximum atomic E-state index is 12.1. The van der Waals surface area contributed by atoms with E-state index in [9.17, 15) is 9.59 Å². The molecule has 0 fully saturated rings. The fraction of sp³-hybridized carbons (Fsp3) is 0.214. The zero-order chi connectivity index (χ0) is 16.6. The van der Waals surface area contributed by atoms with Crippen LogP contribution in [0.3, 0.4) is 0 Å². The number of aromatic nitrogens is 5. The second-order valence-electron chi connectivity index (χ2n) is 4.70. The lowest BCUT2D eigenvalue weighted by molar-refractivity contribution is 0.355. The van der Waals surface area contributed by atoms with Gasteiger partial charge in [-0.3, -0.25) is 14.3 Å². The van der Waals surface area contributed by atoms with E-state index >= 15 is 0 Å². The van der Waals surface area contributed by atoms with Crippen LogP contribution < -0.4 is 20.7 Å². The SMILES string of the molecule is COc1ccc(-c2nnc3[nH]c(=O)n(C)c(=O)c3n2)cc1OC. The molecule has 0 aliphatic heterocycles. The van der Waals surface area contributed by atoms with Crippen molar-refractivity contribution >= 4 is 11.2 Å². The Balaban J connectivity index is 2.21. The topological polar surface area (TPSA) is 112 Å². The zero-order valence-corrected chi connectivity index (χ0v) is 12.7. The minimum Gasteiger partial charge on any atom is -0.493 e. The van der Waals surface area contributed by atoms with Crippen LogP contribution in [0, 0.1) is 0 Å². The number of ether oxygens (including phenoxy) is 2. The summed E-state index contributed by atoms with van der Waals surface area (Å²) in [5.41, 5.74) is -0.433. The Hall–Kier alpha value is -3.23. The first-order chi connectivity index (χ1) is 11.0. The van der Waals surface area contributed by atoms with Crippen LogP contribution in [0.2, 0.25) is 0 Å². The maximum Gasteiger partial charge on any atom is 0.329 e. The molecule has 23 heavy (non-hydrogen) atoms. The minimum atomic E-state index is -0.572. The number of hydrogen-bond acceptors (Lipinski definition) is 7. The number of rotatable bonds is 3. The molecule has 0 unspecified atom stereocenters. The number of fused-ring (bicyclic) bond motifs is 1. The fourth-order valence-corrected chi connectivity index (χ4v) is 2.09. The number of nitrogens with one attached hydrogen (secondary N) is 1. The standard InChI is InChI=1S/C14H13N5O4/c1-19-13(20)10-12(16-14(19)21)18-17-11(15-10)7-4-5-8(22-2)9(6-7)23-3/h4-6H,1-3H3,(H,16,18,21). The molecule has 0 aliphatic rings. The van der Waals surface area contributed by atoms with Gasteiger partial charge in [0, 0.05) is 12.6 Å². The smallest absolute Gasteiger partial charge is 0.329 e. The third kappa shape index (κ3) is 2.41. The van der Waals surface area contributed by atoms with E-state index in [0.717, 1.165) is 4.57 Å². The molecule has 2 aromatic heterocycles. The third-order valence-electron chi connectivity index (χ3n) is 3.37. The van der Waals surface area contributed by atoms with Crippen molar-refractivity contribution in [3.05, 3.63) is 39.0 Å². The Kier molecular flexibility index (Phi) is 3.53. The summed E-state index contributed by atoms with van der Waals surface area (Å²) in [5, 5.41) is 7.81. The highest BCUT2D eigenvalue weighted by Crippen LogP contribution is 2.30. The average molecular weight is 315 g/mol. The van der Waals surface area contributed by atoms with E-state index in [-0.39, 0.29) is 17.0 Å². The molecule has 3 rings (SSSR count). The van der Waals surface area contributed by atoms with Crippen molar-refractivity contribution in [1.29, 1.82) is 0 Å². The van der Waals surface area contributed by atoms with Crippen LogP contribution in [0.4, 0.5) is 0 Å². The summed E-state index contributed by atoms with van der Waals surface area (Å²) in [6.07, 6.45) is 0. The van der Waals surface area contributed by atoms with Gasteiger partial charge in [0.1, 0.15) is 0 Å². The van der Waals surface area contributed by atoms with E-state index in [1.807, 2.05) is 0 Å². The molecule has 3 aromatic rings. The molecule has 0 radical (unpaired) electrons. The molecule has 0 saturated heterocycles. The van der Waals surface area contributed by atoms with Gasteiger partial charge in [0.15, 0.2) is 28.5 Å². The van der Waals surface area contributed by atoms with Gasteiger partial charge in [-0.2, -0.15) is 0 Å². The van der Waals surface area contributed by atoms with Crippen molar-refractivity contribution in [3.63, 3.8) is 0 Å². The second-order valence-corrected chi connectivity index (χ2v) is 4.70. The molecule has 1 aromatic carbocycles. The van der Waals surface area contributed by atoms with Gasteiger partial charge in [-0.15, -0.1) is 10.2 Å². The Morgan fingerprint density at radius 2 is 1.83 bits per heavy atom. The lowest BCUT2D eigenvalue weighted by atomic mass is 10.2. The molecule has 0 aliphatic carbocycles. The van der Waals surface area contributed by atoms with E-state index in [1.165, 1.54) is 21.3 Å². The van der Waals surface area contributed by atoms with Gasteiger partial charge in [-0.25, -0.2) is 9.78 Å². The van der Waals surface area contributed by atoms with E-state index in [0.29, 0.717) is 17.1 Å². The summed E-state index contributed by atoms with van der Waals surface area (Å²) < 4.78 is 11.3. The highest BCUT2D eigenvalue weighted by atomic mass is 16.5. The molecule has 9 nitrogen and oxygen atoms in total. The van der Waals surface area contributed by atoms with Gasteiger partial charge in [0.25, 0.3) is 5.56 Å². The molecule has 2 heterocycles. The van der Waals surface area contributed by atoms with Crippen molar-refractivity contribution in [3.8, 4) is 22.9 Å². The van der Waals surface area contributed by atoms with Crippen molar-refractivity contribution in [2.24, 2.45) is 7.05 Å². The van der Waals surface area contributed by atoms with Crippen LogP contribution in [0.25, 0.3) is 22.6 Å². The number of nitrogens with zero attached hydrogens (tertiary/aromatic N) is 4. The first-order valence-electron chi connectivity index (χ1n) is 6.61. The molecule has 0 amide bonds. The summed E-state index contributed by atoms with van der Waals surface area (Å²) in [5.74, 6) is 1.30. The molecule has 0 spiro atoms. The molecular weight excluding hydrogens is 302 g/mol. The fourth-order valence-electron chi connectivity index (χ4n) is 2.09. The van der Waals surface area contributed by atoms with Gasteiger partial charge >= 0.3 is 5.69 Å². The first kappa shape index (κ1) is 14.7. The number of hydrogen-bond donors (Lipinski definition) is 1. The van der Waals surface area contributed by atoms with Gasteiger partial charge in [-0.05, 0) is 18.2 Å². The van der Waals surface area contributed by atoms with Gasteiger partial charge in [0.2, 0.25) is 0 Å². The van der Waals surface area contributed by atoms with Crippen molar-refractivity contribution in [2.75, 3.05) is 14.2 Å². The van der Waals surface area contributed by atoms with Crippen LogP contribution in [-0.2, 0) is 7.05 Å². The normalized spacial score (nSPS) is 10.7. The van der Waals surface area contributed by atoms with Gasteiger partial charge in [-0.1, -0.05) is 0 Å². The Morgan fingerprint density at radius 3 is 2.52 bits per heavy atom. The molecule has 118 valence electrons. The lowest BCUT2D eigenvalue weighted by Gasteiger charge is -2.08. The predicted octanol–water partition coefficient (Wildman–Crippen LogP) is 0.0960.